The summed E-state index contributed by atoms with van der Waals surface area (Å²) in [6.45, 7) is 0.391. The number of nitrogens with zero attached hydrogens (tertiary/aromatic N) is 3. The number of pyridine rings is 1. The standard InChI is InChI=1S/C10H9ClN4S/c11-8-2-1-3-13-10(8)16-9-6-14-7(4-12)5-15-9/h1-3,5-6H,4,12H2. The van der Waals surface area contributed by atoms with Crippen LogP contribution in [0.2, 0.25) is 5.02 Å². The second-order valence-electron chi connectivity index (χ2n) is 2.94. The lowest BCUT2D eigenvalue weighted by Gasteiger charge is -2.02. The Hall–Kier alpha value is -1.17. The molecule has 2 heterocycles. The highest BCUT2D eigenvalue weighted by atomic mass is 35.5. The number of rotatable bonds is 3. The molecule has 0 aliphatic rings. The van der Waals surface area contributed by atoms with Gasteiger partial charge >= 0.3 is 0 Å². The second-order valence-corrected chi connectivity index (χ2v) is 4.36. The van der Waals surface area contributed by atoms with E-state index in [1.807, 2.05) is 0 Å². The van der Waals surface area contributed by atoms with Crippen molar-refractivity contribution in [1.29, 1.82) is 0 Å². The SMILES string of the molecule is NCc1cnc(Sc2ncccc2Cl)cn1. The fourth-order valence-electron chi connectivity index (χ4n) is 1.05. The predicted molar refractivity (Wildman–Crippen MR) is 63.3 cm³/mol. The van der Waals surface area contributed by atoms with Crippen LogP contribution >= 0.6 is 23.4 Å². The molecule has 6 heteroatoms. The van der Waals surface area contributed by atoms with E-state index in [-0.39, 0.29) is 0 Å². The van der Waals surface area contributed by atoms with Crippen LogP contribution in [0.3, 0.4) is 0 Å². The summed E-state index contributed by atoms with van der Waals surface area (Å²) in [7, 11) is 0. The molecular formula is C10H9ClN4S. The van der Waals surface area contributed by atoms with Gasteiger partial charge in [0.05, 0.1) is 23.1 Å². The Morgan fingerprint density at radius 3 is 2.75 bits per heavy atom. The van der Waals surface area contributed by atoms with Gasteiger partial charge in [0.15, 0.2) is 0 Å². The van der Waals surface area contributed by atoms with Crippen LogP contribution in [0.5, 0.6) is 0 Å². The van der Waals surface area contributed by atoms with Crippen LogP contribution in [0.25, 0.3) is 0 Å². The van der Waals surface area contributed by atoms with Crippen LogP contribution < -0.4 is 5.73 Å². The van der Waals surface area contributed by atoms with Crippen molar-refractivity contribution in [2.45, 2.75) is 16.6 Å². The smallest absolute Gasteiger partial charge is 0.121 e. The maximum Gasteiger partial charge on any atom is 0.121 e. The number of nitrogens with two attached hydrogens (primary N) is 1. The maximum absolute atomic E-state index is 5.98. The van der Waals surface area contributed by atoms with Crippen LogP contribution in [0.1, 0.15) is 5.69 Å². The molecule has 2 aromatic rings. The van der Waals surface area contributed by atoms with Gasteiger partial charge in [-0.25, -0.2) is 9.97 Å². The molecule has 0 saturated heterocycles. The number of halogens is 1. The minimum absolute atomic E-state index is 0.391. The normalized spacial score (nSPS) is 10.4. The average Bonchev–Trinajstić information content (AvgIpc) is 2.33. The van der Waals surface area contributed by atoms with E-state index in [2.05, 4.69) is 15.0 Å². The maximum atomic E-state index is 5.98. The van der Waals surface area contributed by atoms with E-state index < -0.39 is 0 Å². The van der Waals surface area contributed by atoms with Gasteiger partial charge in [-0.3, -0.25) is 4.98 Å². The van der Waals surface area contributed by atoms with E-state index in [1.54, 1.807) is 30.7 Å². The quantitative estimate of drug-likeness (QED) is 0.907. The Kier molecular flexibility index (Phi) is 3.71. The first kappa shape index (κ1) is 11.3. The Morgan fingerprint density at radius 2 is 2.12 bits per heavy atom. The first-order valence-corrected chi connectivity index (χ1v) is 5.78. The summed E-state index contributed by atoms with van der Waals surface area (Å²) in [5.74, 6) is 0. The Bertz CT molecular complexity index is 475. The van der Waals surface area contributed by atoms with E-state index in [9.17, 15) is 0 Å². The summed E-state index contributed by atoms with van der Waals surface area (Å²) in [5, 5.41) is 2.08. The lowest BCUT2D eigenvalue weighted by atomic mass is 10.5. The summed E-state index contributed by atoms with van der Waals surface area (Å²) < 4.78 is 0. The van der Waals surface area contributed by atoms with Crippen molar-refractivity contribution >= 4 is 23.4 Å². The first-order chi connectivity index (χ1) is 7.79. The molecule has 16 heavy (non-hydrogen) atoms. The molecule has 0 aromatic carbocycles. The van der Waals surface area contributed by atoms with Gasteiger partial charge in [-0.05, 0) is 23.9 Å². The third kappa shape index (κ3) is 2.69. The molecule has 0 amide bonds. The Labute approximate surface area is 102 Å². The Balaban J connectivity index is 2.18. The highest BCUT2D eigenvalue weighted by molar-refractivity contribution is 7.99. The molecule has 0 atom stereocenters. The van der Waals surface area contributed by atoms with E-state index in [4.69, 9.17) is 17.3 Å². The van der Waals surface area contributed by atoms with Gasteiger partial charge in [0, 0.05) is 12.7 Å². The zero-order valence-corrected chi connectivity index (χ0v) is 9.87. The minimum Gasteiger partial charge on any atom is -0.325 e. The van der Waals surface area contributed by atoms with Crippen LogP contribution in [-0.2, 0) is 6.54 Å². The fourth-order valence-corrected chi connectivity index (χ4v) is 1.97. The zero-order valence-electron chi connectivity index (χ0n) is 8.30. The molecular weight excluding hydrogens is 244 g/mol. The third-order valence-corrected chi connectivity index (χ3v) is 3.17. The molecule has 0 fully saturated rings. The number of hydrogen-bond acceptors (Lipinski definition) is 5. The van der Waals surface area contributed by atoms with E-state index in [1.165, 1.54) is 11.8 Å². The largest absolute Gasteiger partial charge is 0.325 e. The molecule has 0 aliphatic heterocycles. The van der Waals surface area contributed by atoms with Crippen LogP contribution in [-0.4, -0.2) is 15.0 Å². The fraction of sp³-hybridized carbons (Fsp3) is 0.100. The molecule has 0 bridgehead atoms. The number of hydrogen-bond donors (Lipinski definition) is 1. The van der Waals surface area contributed by atoms with Crippen molar-refractivity contribution in [3.05, 3.63) is 41.4 Å². The molecule has 0 unspecified atom stereocenters. The monoisotopic (exact) mass is 252 g/mol. The van der Waals surface area contributed by atoms with Gasteiger partial charge in [-0.2, -0.15) is 0 Å². The van der Waals surface area contributed by atoms with Crippen molar-refractivity contribution in [3.8, 4) is 0 Å². The predicted octanol–water partition coefficient (Wildman–Crippen LogP) is 2.13. The first-order valence-electron chi connectivity index (χ1n) is 4.59. The van der Waals surface area contributed by atoms with Crippen molar-refractivity contribution in [3.63, 3.8) is 0 Å². The van der Waals surface area contributed by atoms with Crippen LogP contribution in [0.15, 0.2) is 40.8 Å². The summed E-state index contributed by atoms with van der Waals surface area (Å²) in [6.07, 6.45) is 5.01. The molecule has 0 saturated carbocycles. The molecule has 4 nitrogen and oxygen atoms in total. The van der Waals surface area contributed by atoms with Gasteiger partial charge in [-0.15, -0.1) is 0 Å². The topological polar surface area (TPSA) is 64.7 Å². The van der Waals surface area contributed by atoms with Gasteiger partial charge in [-0.1, -0.05) is 11.6 Å². The summed E-state index contributed by atoms with van der Waals surface area (Å²) in [4.78, 5) is 12.5. The average molecular weight is 253 g/mol. The van der Waals surface area contributed by atoms with E-state index in [0.29, 0.717) is 11.6 Å². The van der Waals surface area contributed by atoms with Crippen molar-refractivity contribution < 1.29 is 0 Å². The van der Waals surface area contributed by atoms with Gasteiger partial charge in [0.2, 0.25) is 0 Å². The molecule has 0 radical (unpaired) electrons. The summed E-state index contributed by atoms with van der Waals surface area (Å²) in [5.41, 5.74) is 6.19. The summed E-state index contributed by atoms with van der Waals surface area (Å²) in [6, 6.07) is 3.58. The summed E-state index contributed by atoms with van der Waals surface area (Å²) >= 11 is 7.36. The lowest BCUT2D eigenvalue weighted by molar-refractivity contribution is 0.922. The molecule has 0 spiro atoms. The van der Waals surface area contributed by atoms with Gasteiger partial charge < -0.3 is 5.73 Å². The highest BCUT2D eigenvalue weighted by Crippen LogP contribution is 2.29. The van der Waals surface area contributed by atoms with Crippen molar-refractivity contribution in [1.82, 2.24) is 15.0 Å². The molecule has 2 rings (SSSR count). The molecule has 2 aromatic heterocycles. The molecule has 82 valence electrons. The van der Waals surface area contributed by atoms with E-state index in [0.717, 1.165) is 15.7 Å². The van der Waals surface area contributed by atoms with Crippen molar-refractivity contribution in [2.75, 3.05) is 0 Å². The lowest BCUT2D eigenvalue weighted by Crippen LogP contribution is -2.00. The van der Waals surface area contributed by atoms with Gasteiger partial charge in [0.1, 0.15) is 10.1 Å². The highest BCUT2D eigenvalue weighted by Gasteiger charge is 2.04. The van der Waals surface area contributed by atoms with Crippen LogP contribution in [0.4, 0.5) is 0 Å². The van der Waals surface area contributed by atoms with Crippen LogP contribution in [0, 0.1) is 0 Å². The zero-order chi connectivity index (χ0) is 11.4. The minimum atomic E-state index is 0.391. The Morgan fingerprint density at radius 1 is 1.25 bits per heavy atom. The number of aromatic nitrogens is 3. The van der Waals surface area contributed by atoms with E-state index >= 15 is 0 Å². The van der Waals surface area contributed by atoms with Gasteiger partial charge in [0.25, 0.3) is 0 Å². The second kappa shape index (κ2) is 5.25. The third-order valence-electron chi connectivity index (χ3n) is 1.82. The molecule has 0 aliphatic carbocycles. The van der Waals surface area contributed by atoms with Crippen molar-refractivity contribution in [2.24, 2.45) is 5.73 Å². The molecule has 2 N–H and O–H groups in total.